The van der Waals surface area contributed by atoms with Gasteiger partial charge in [-0.05, 0) is 42.8 Å². The lowest BCUT2D eigenvalue weighted by Gasteiger charge is -2.12. The van der Waals surface area contributed by atoms with Gasteiger partial charge in [0.25, 0.3) is 0 Å². The number of phenols is 1. The van der Waals surface area contributed by atoms with Gasteiger partial charge < -0.3 is 20.3 Å². The minimum atomic E-state index is -0.0515. The topological polar surface area (TPSA) is 61.7 Å². The minimum absolute atomic E-state index is 0.0515. The number of ether oxygens (including phenoxy) is 1. The van der Waals surface area contributed by atoms with Crippen LogP contribution in [0.1, 0.15) is 18.1 Å². The quantitative estimate of drug-likeness (QED) is 0.757. The highest BCUT2D eigenvalue weighted by Crippen LogP contribution is 2.23. The Hall–Kier alpha value is -2.20. The van der Waals surface area contributed by atoms with Crippen LogP contribution in [-0.4, -0.2) is 16.8 Å². The van der Waals surface area contributed by atoms with Gasteiger partial charge in [-0.2, -0.15) is 0 Å². The number of aliphatic hydroxyl groups is 1. The molecule has 0 aliphatic carbocycles. The first kappa shape index (κ1) is 14.2. The summed E-state index contributed by atoms with van der Waals surface area (Å²) in [7, 11) is 0. The normalized spacial score (nSPS) is 10.3. The first-order valence-corrected chi connectivity index (χ1v) is 6.61. The molecule has 0 bridgehead atoms. The zero-order chi connectivity index (χ0) is 14.4. The summed E-state index contributed by atoms with van der Waals surface area (Å²) in [6.07, 6.45) is 0. The van der Waals surface area contributed by atoms with Crippen molar-refractivity contribution in [2.45, 2.75) is 20.1 Å². The van der Waals surface area contributed by atoms with Crippen molar-refractivity contribution in [1.82, 2.24) is 0 Å². The van der Waals surface area contributed by atoms with E-state index in [0.29, 0.717) is 18.9 Å². The van der Waals surface area contributed by atoms with Gasteiger partial charge in [0, 0.05) is 17.8 Å². The highest BCUT2D eigenvalue weighted by Gasteiger charge is 2.04. The van der Waals surface area contributed by atoms with Gasteiger partial charge in [0.1, 0.15) is 11.5 Å². The highest BCUT2D eigenvalue weighted by atomic mass is 16.5. The summed E-state index contributed by atoms with van der Waals surface area (Å²) >= 11 is 0. The van der Waals surface area contributed by atoms with Crippen molar-refractivity contribution in [3.8, 4) is 11.5 Å². The van der Waals surface area contributed by atoms with Crippen molar-refractivity contribution < 1.29 is 14.9 Å². The molecule has 2 aromatic rings. The molecular formula is C16H19NO3. The lowest BCUT2D eigenvalue weighted by atomic mass is 10.1. The van der Waals surface area contributed by atoms with E-state index < -0.39 is 0 Å². The van der Waals surface area contributed by atoms with Gasteiger partial charge in [0.05, 0.1) is 13.2 Å². The molecule has 2 aromatic carbocycles. The SMILES string of the molecule is CCOc1ccc(NCc2ccc(O)cc2)cc1CO. The van der Waals surface area contributed by atoms with Gasteiger partial charge in [-0.25, -0.2) is 0 Å². The summed E-state index contributed by atoms with van der Waals surface area (Å²) in [6.45, 7) is 3.09. The van der Waals surface area contributed by atoms with Crippen LogP contribution in [0.2, 0.25) is 0 Å². The molecule has 4 nitrogen and oxygen atoms in total. The van der Waals surface area contributed by atoms with Crippen LogP contribution >= 0.6 is 0 Å². The summed E-state index contributed by atoms with van der Waals surface area (Å²) in [5, 5.41) is 21.9. The maximum atomic E-state index is 9.35. The number of benzene rings is 2. The van der Waals surface area contributed by atoms with Gasteiger partial charge in [0.15, 0.2) is 0 Å². The number of anilines is 1. The van der Waals surface area contributed by atoms with Crippen LogP contribution < -0.4 is 10.1 Å². The fourth-order valence-corrected chi connectivity index (χ4v) is 1.93. The van der Waals surface area contributed by atoms with E-state index in [2.05, 4.69) is 5.32 Å². The molecule has 0 atom stereocenters. The van der Waals surface area contributed by atoms with Crippen molar-refractivity contribution in [1.29, 1.82) is 0 Å². The van der Waals surface area contributed by atoms with Gasteiger partial charge in [-0.3, -0.25) is 0 Å². The van der Waals surface area contributed by atoms with Crippen LogP contribution in [0, 0.1) is 0 Å². The molecule has 106 valence electrons. The summed E-state index contributed by atoms with van der Waals surface area (Å²) in [4.78, 5) is 0. The Bertz CT molecular complexity index is 552. The van der Waals surface area contributed by atoms with E-state index in [4.69, 9.17) is 4.74 Å². The fourth-order valence-electron chi connectivity index (χ4n) is 1.93. The Labute approximate surface area is 118 Å². The number of rotatable bonds is 6. The molecule has 2 rings (SSSR count). The molecule has 20 heavy (non-hydrogen) atoms. The van der Waals surface area contributed by atoms with E-state index in [9.17, 15) is 10.2 Å². The van der Waals surface area contributed by atoms with Crippen molar-refractivity contribution in [2.75, 3.05) is 11.9 Å². The van der Waals surface area contributed by atoms with Crippen molar-refractivity contribution in [2.24, 2.45) is 0 Å². The lowest BCUT2D eigenvalue weighted by molar-refractivity contribution is 0.267. The summed E-state index contributed by atoms with van der Waals surface area (Å²) in [5.41, 5.74) is 2.76. The van der Waals surface area contributed by atoms with E-state index in [0.717, 1.165) is 16.8 Å². The zero-order valence-electron chi connectivity index (χ0n) is 11.5. The minimum Gasteiger partial charge on any atom is -0.508 e. The van der Waals surface area contributed by atoms with Gasteiger partial charge in [0.2, 0.25) is 0 Å². The van der Waals surface area contributed by atoms with E-state index in [1.54, 1.807) is 12.1 Å². The molecule has 0 spiro atoms. The molecule has 0 fully saturated rings. The Morgan fingerprint density at radius 1 is 1.10 bits per heavy atom. The number of aromatic hydroxyl groups is 1. The summed E-state index contributed by atoms with van der Waals surface area (Å²) in [6, 6.07) is 12.7. The monoisotopic (exact) mass is 273 g/mol. The molecule has 0 aromatic heterocycles. The molecule has 0 saturated carbocycles. The number of hydrogen-bond donors (Lipinski definition) is 3. The van der Waals surface area contributed by atoms with Gasteiger partial charge >= 0.3 is 0 Å². The Kier molecular flexibility index (Phi) is 4.85. The number of aliphatic hydroxyl groups excluding tert-OH is 1. The van der Waals surface area contributed by atoms with Crippen LogP contribution in [-0.2, 0) is 13.2 Å². The van der Waals surface area contributed by atoms with Crippen LogP contribution in [0.3, 0.4) is 0 Å². The number of nitrogens with one attached hydrogen (secondary N) is 1. The smallest absolute Gasteiger partial charge is 0.124 e. The Morgan fingerprint density at radius 2 is 1.85 bits per heavy atom. The predicted molar refractivity (Wildman–Crippen MR) is 79.0 cm³/mol. The van der Waals surface area contributed by atoms with E-state index in [1.165, 1.54) is 0 Å². The molecule has 3 N–H and O–H groups in total. The zero-order valence-corrected chi connectivity index (χ0v) is 11.5. The fraction of sp³-hybridized carbons (Fsp3) is 0.250. The molecule has 0 saturated heterocycles. The second-order valence-electron chi connectivity index (χ2n) is 4.43. The second kappa shape index (κ2) is 6.82. The average Bonchev–Trinajstić information content (AvgIpc) is 2.48. The Balaban J connectivity index is 2.04. The van der Waals surface area contributed by atoms with E-state index in [-0.39, 0.29) is 12.4 Å². The van der Waals surface area contributed by atoms with Crippen molar-refractivity contribution in [3.05, 3.63) is 53.6 Å². The van der Waals surface area contributed by atoms with Crippen molar-refractivity contribution in [3.63, 3.8) is 0 Å². The average molecular weight is 273 g/mol. The molecule has 4 heteroatoms. The van der Waals surface area contributed by atoms with Gasteiger partial charge in [-0.1, -0.05) is 12.1 Å². The maximum absolute atomic E-state index is 9.35. The summed E-state index contributed by atoms with van der Waals surface area (Å²) < 4.78 is 5.44. The van der Waals surface area contributed by atoms with Crippen LogP contribution in [0.5, 0.6) is 11.5 Å². The predicted octanol–water partition coefficient (Wildman–Crippen LogP) is 2.90. The van der Waals surface area contributed by atoms with Crippen molar-refractivity contribution >= 4 is 5.69 Å². The molecule has 0 radical (unpaired) electrons. The highest BCUT2D eigenvalue weighted by molar-refractivity contribution is 5.51. The van der Waals surface area contributed by atoms with Gasteiger partial charge in [-0.15, -0.1) is 0 Å². The maximum Gasteiger partial charge on any atom is 0.124 e. The van der Waals surface area contributed by atoms with E-state index in [1.807, 2.05) is 37.3 Å². The number of phenolic OH excluding ortho intramolecular Hbond substituents is 1. The molecular weight excluding hydrogens is 254 g/mol. The molecule has 0 aliphatic heterocycles. The molecule has 0 aliphatic rings. The first-order chi connectivity index (χ1) is 9.72. The van der Waals surface area contributed by atoms with Crippen LogP contribution in [0.4, 0.5) is 5.69 Å². The van der Waals surface area contributed by atoms with Crippen LogP contribution in [0.25, 0.3) is 0 Å². The third-order valence-corrected chi connectivity index (χ3v) is 2.96. The molecule has 0 amide bonds. The van der Waals surface area contributed by atoms with E-state index >= 15 is 0 Å². The molecule has 0 heterocycles. The summed E-state index contributed by atoms with van der Waals surface area (Å²) in [5.74, 6) is 0.975. The standard InChI is InChI=1S/C16H19NO3/c1-2-20-16-8-5-14(9-13(16)11-18)17-10-12-3-6-15(19)7-4-12/h3-9,17-19H,2,10-11H2,1H3. The third-order valence-electron chi connectivity index (χ3n) is 2.96. The third kappa shape index (κ3) is 3.65. The number of hydrogen-bond acceptors (Lipinski definition) is 4. The molecule has 0 unspecified atom stereocenters. The Morgan fingerprint density at radius 3 is 2.50 bits per heavy atom. The second-order valence-corrected chi connectivity index (χ2v) is 4.43. The first-order valence-electron chi connectivity index (χ1n) is 6.61. The van der Waals surface area contributed by atoms with Crippen LogP contribution in [0.15, 0.2) is 42.5 Å². The lowest BCUT2D eigenvalue weighted by Crippen LogP contribution is -2.02. The largest absolute Gasteiger partial charge is 0.508 e.